The zero-order valence-electron chi connectivity index (χ0n) is 9.89. The number of benzene rings is 2. The fourth-order valence-electron chi connectivity index (χ4n) is 2.54. The number of fused-ring (bicyclic) bond motifs is 1. The quantitative estimate of drug-likeness (QED) is 0.666. The third-order valence-corrected chi connectivity index (χ3v) is 3.39. The molecule has 0 amide bonds. The van der Waals surface area contributed by atoms with Crippen LogP contribution in [0, 0.1) is 0 Å². The van der Waals surface area contributed by atoms with Gasteiger partial charge in [0.25, 0.3) is 0 Å². The molecule has 1 aliphatic carbocycles. The summed E-state index contributed by atoms with van der Waals surface area (Å²) in [6, 6.07) is 19.5. The monoisotopic (exact) mass is 220 g/mol. The molecule has 0 nitrogen and oxygen atoms in total. The van der Waals surface area contributed by atoms with Crippen molar-refractivity contribution in [2.75, 3.05) is 0 Å². The van der Waals surface area contributed by atoms with E-state index in [2.05, 4.69) is 60.7 Å². The number of hydrogen-bond acceptors (Lipinski definition) is 0. The molecule has 0 heteroatoms. The van der Waals surface area contributed by atoms with Gasteiger partial charge in [0.2, 0.25) is 0 Å². The Labute approximate surface area is 103 Å². The van der Waals surface area contributed by atoms with Crippen LogP contribution < -0.4 is 0 Å². The molecule has 2 aromatic rings. The van der Waals surface area contributed by atoms with Crippen molar-refractivity contribution in [1.82, 2.24) is 0 Å². The van der Waals surface area contributed by atoms with Crippen molar-refractivity contribution in [1.29, 1.82) is 0 Å². The number of aryl methyl sites for hydroxylation is 1. The topological polar surface area (TPSA) is 0 Å². The van der Waals surface area contributed by atoms with Crippen molar-refractivity contribution < 1.29 is 0 Å². The Bertz CT molecular complexity index is 535. The molecule has 0 atom stereocenters. The van der Waals surface area contributed by atoms with E-state index in [9.17, 15) is 0 Å². The highest BCUT2D eigenvalue weighted by molar-refractivity contribution is 5.81. The van der Waals surface area contributed by atoms with Gasteiger partial charge in [-0.05, 0) is 41.5 Å². The molecule has 2 aromatic carbocycles. The molecule has 17 heavy (non-hydrogen) atoms. The van der Waals surface area contributed by atoms with E-state index in [1.807, 2.05) is 0 Å². The molecule has 0 bridgehead atoms. The lowest BCUT2D eigenvalue weighted by molar-refractivity contribution is 0.851. The summed E-state index contributed by atoms with van der Waals surface area (Å²) in [4.78, 5) is 0. The summed E-state index contributed by atoms with van der Waals surface area (Å²) >= 11 is 0. The molecule has 0 N–H and O–H groups in total. The Morgan fingerprint density at radius 1 is 0.765 bits per heavy atom. The first-order valence-corrected chi connectivity index (χ1v) is 6.29. The van der Waals surface area contributed by atoms with Gasteiger partial charge in [0.1, 0.15) is 0 Å². The van der Waals surface area contributed by atoms with Gasteiger partial charge in [-0.1, -0.05) is 60.7 Å². The molecule has 0 aromatic heterocycles. The molecule has 0 fully saturated rings. The maximum absolute atomic E-state index is 2.39. The maximum atomic E-state index is 2.39. The average molecular weight is 220 g/mol. The van der Waals surface area contributed by atoms with Gasteiger partial charge >= 0.3 is 0 Å². The van der Waals surface area contributed by atoms with Gasteiger partial charge < -0.3 is 0 Å². The highest BCUT2D eigenvalue weighted by atomic mass is 14.2. The minimum absolute atomic E-state index is 1.18. The van der Waals surface area contributed by atoms with Crippen molar-refractivity contribution >= 4 is 5.57 Å². The third-order valence-electron chi connectivity index (χ3n) is 3.39. The molecule has 0 aliphatic heterocycles. The van der Waals surface area contributed by atoms with E-state index in [1.54, 1.807) is 0 Å². The van der Waals surface area contributed by atoms with Crippen molar-refractivity contribution in [3.8, 4) is 0 Å². The van der Waals surface area contributed by atoms with E-state index in [1.165, 1.54) is 41.5 Å². The van der Waals surface area contributed by atoms with Crippen LogP contribution in [-0.4, -0.2) is 0 Å². The fourth-order valence-corrected chi connectivity index (χ4v) is 2.54. The standard InChI is InChI=1S/C17H16/c1-2-8-14(9-3-1)16-12-6-4-10-15-11-5-7-13-17(15)16/h1-3,5,7-9,11-13H,4,6,10H2. The molecule has 0 saturated heterocycles. The summed E-state index contributed by atoms with van der Waals surface area (Å²) in [7, 11) is 0. The highest BCUT2D eigenvalue weighted by Gasteiger charge is 2.11. The fraction of sp³-hybridized carbons (Fsp3) is 0.176. The van der Waals surface area contributed by atoms with Crippen LogP contribution in [0.3, 0.4) is 0 Å². The summed E-state index contributed by atoms with van der Waals surface area (Å²) < 4.78 is 0. The first-order chi connectivity index (χ1) is 8.45. The van der Waals surface area contributed by atoms with Crippen LogP contribution >= 0.6 is 0 Å². The maximum Gasteiger partial charge on any atom is -0.0149 e. The minimum atomic E-state index is 1.18. The Morgan fingerprint density at radius 2 is 1.53 bits per heavy atom. The lowest BCUT2D eigenvalue weighted by atomic mass is 9.94. The Morgan fingerprint density at radius 3 is 2.41 bits per heavy atom. The predicted molar refractivity (Wildman–Crippen MR) is 72.9 cm³/mol. The van der Waals surface area contributed by atoms with Gasteiger partial charge in [-0.3, -0.25) is 0 Å². The van der Waals surface area contributed by atoms with E-state index >= 15 is 0 Å². The van der Waals surface area contributed by atoms with Crippen LogP contribution in [0.25, 0.3) is 5.57 Å². The Balaban J connectivity index is 2.14. The molecule has 1 aliphatic rings. The van der Waals surface area contributed by atoms with E-state index < -0.39 is 0 Å². The second kappa shape index (κ2) is 4.58. The Hall–Kier alpha value is -1.82. The number of rotatable bonds is 1. The molecular formula is C17H16. The van der Waals surface area contributed by atoms with E-state index in [0.717, 1.165) is 0 Å². The van der Waals surface area contributed by atoms with Crippen molar-refractivity contribution in [2.24, 2.45) is 0 Å². The molecular weight excluding hydrogens is 204 g/mol. The summed E-state index contributed by atoms with van der Waals surface area (Å²) in [5, 5.41) is 0. The normalized spacial score (nSPS) is 14.7. The van der Waals surface area contributed by atoms with Crippen LogP contribution in [0.15, 0.2) is 60.7 Å². The van der Waals surface area contributed by atoms with Gasteiger partial charge in [0, 0.05) is 0 Å². The predicted octanol–water partition coefficient (Wildman–Crippen LogP) is 4.45. The molecule has 3 rings (SSSR count). The molecule has 0 heterocycles. The summed E-state index contributed by atoms with van der Waals surface area (Å²) in [6.45, 7) is 0. The van der Waals surface area contributed by atoms with Gasteiger partial charge in [0.05, 0.1) is 0 Å². The summed E-state index contributed by atoms with van der Waals surface area (Å²) in [6.07, 6.45) is 6.02. The van der Waals surface area contributed by atoms with E-state index in [-0.39, 0.29) is 0 Å². The highest BCUT2D eigenvalue weighted by Crippen LogP contribution is 2.30. The molecule has 0 spiro atoms. The van der Waals surface area contributed by atoms with E-state index in [4.69, 9.17) is 0 Å². The van der Waals surface area contributed by atoms with Crippen LogP contribution in [0.1, 0.15) is 29.5 Å². The lowest BCUT2D eigenvalue weighted by Crippen LogP contribution is -1.92. The first kappa shape index (κ1) is 10.3. The Kier molecular flexibility index (Phi) is 2.79. The summed E-state index contributed by atoms with van der Waals surface area (Å²) in [5.41, 5.74) is 5.64. The van der Waals surface area contributed by atoms with Crippen LogP contribution in [0.4, 0.5) is 0 Å². The molecule has 0 saturated carbocycles. The first-order valence-electron chi connectivity index (χ1n) is 6.29. The van der Waals surface area contributed by atoms with Gasteiger partial charge in [-0.15, -0.1) is 0 Å². The number of allylic oxidation sites excluding steroid dienone is 1. The van der Waals surface area contributed by atoms with Gasteiger partial charge in [-0.2, -0.15) is 0 Å². The second-order valence-corrected chi connectivity index (χ2v) is 4.53. The van der Waals surface area contributed by atoms with Crippen LogP contribution in [-0.2, 0) is 6.42 Å². The van der Waals surface area contributed by atoms with Gasteiger partial charge in [0.15, 0.2) is 0 Å². The van der Waals surface area contributed by atoms with Crippen LogP contribution in [0.2, 0.25) is 0 Å². The molecule has 0 unspecified atom stereocenters. The summed E-state index contributed by atoms with van der Waals surface area (Å²) in [5.74, 6) is 0. The largest absolute Gasteiger partial charge is 0.0760 e. The molecule has 84 valence electrons. The zero-order valence-corrected chi connectivity index (χ0v) is 9.89. The van der Waals surface area contributed by atoms with Crippen molar-refractivity contribution in [3.05, 3.63) is 77.4 Å². The minimum Gasteiger partial charge on any atom is -0.0760 e. The SMILES string of the molecule is C1=C(c2ccccc2)c2ccccc2CCC1. The smallest absolute Gasteiger partial charge is 0.0149 e. The number of hydrogen-bond donors (Lipinski definition) is 0. The van der Waals surface area contributed by atoms with E-state index in [0.29, 0.717) is 0 Å². The van der Waals surface area contributed by atoms with Crippen molar-refractivity contribution in [3.63, 3.8) is 0 Å². The zero-order chi connectivity index (χ0) is 11.5. The third kappa shape index (κ3) is 2.03. The lowest BCUT2D eigenvalue weighted by Gasteiger charge is -2.10. The average Bonchev–Trinajstić information content (AvgIpc) is 2.62. The molecule has 0 radical (unpaired) electrons. The van der Waals surface area contributed by atoms with Crippen molar-refractivity contribution in [2.45, 2.75) is 19.3 Å². The van der Waals surface area contributed by atoms with Crippen LogP contribution in [0.5, 0.6) is 0 Å². The second-order valence-electron chi connectivity index (χ2n) is 4.53. The van der Waals surface area contributed by atoms with Gasteiger partial charge in [-0.25, -0.2) is 0 Å².